The summed E-state index contributed by atoms with van der Waals surface area (Å²) in [5.74, 6) is 6.09. The minimum absolute atomic E-state index is 0.100. The van der Waals surface area contributed by atoms with Crippen LogP contribution in [0.5, 0.6) is 0 Å². The Morgan fingerprint density at radius 1 is 1.26 bits per heavy atom. The fourth-order valence-corrected chi connectivity index (χ4v) is 2.67. The van der Waals surface area contributed by atoms with Crippen molar-refractivity contribution < 1.29 is 4.39 Å². The van der Waals surface area contributed by atoms with Crippen molar-refractivity contribution in [2.75, 3.05) is 5.75 Å². The Kier molecular flexibility index (Phi) is 5.32. The van der Waals surface area contributed by atoms with Crippen molar-refractivity contribution >= 4 is 11.8 Å². The Morgan fingerprint density at radius 2 is 2.16 bits per heavy atom. The fraction of sp³-hybridized carbons (Fsp3) is 0.214. The van der Waals surface area contributed by atoms with Crippen LogP contribution in [0.25, 0.3) is 0 Å². The molecule has 1 unspecified atom stereocenters. The number of halogens is 1. The molecule has 1 heterocycles. The van der Waals surface area contributed by atoms with Crippen LogP contribution >= 0.6 is 11.8 Å². The molecule has 0 aliphatic carbocycles. The van der Waals surface area contributed by atoms with Gasteiger partial charge in [-0.25, -0.2) is 4.39 Å². The summed E-state index contributed by atoms with van der Waals surface area (Å²) in [4.78, 5) is 5.17. The van der Waals surface area contributed by atoms with Crippen LogP contribution < -0.4 is 11.3 Å². The first-order valence-corrected chi connectivity index (χ1v) is 7.01. The highest BCUT2D eigenvalue weighted by molar-refractivity contribution is 7.99. The van der Waals surface area contributed by atoms with E-state index in [1.165, 1.54) is 12.1 Å². The highest BCUT2D eigenvalue weighted by atomic mass is 32.2. The first-order chi connectivity index (χ1) is 9.28. The van der Waals surface area contributed by atoms with Gasteiger partial charge in [-0.3, -0.25) is 16.3 Å². The molecule has 0 fully saturated rings. The van der Waals surface area contributed by atoms with Gasteiger partial charge in [-0.2, -0.15) is 0 Å². The van der Waals surface area contributed by atoms with Gasteiger partial charge in [0.25, 0.3) is 0 Å². The minimum atomic E-state index is -0.216. The smallest absolute Gasteiger partial charge is 0.124 e. The Hall–Kier alpha value is -1.43. The topological polar surface area (TPSA) is 50.9 Å². The van der Waals surface area contributed by atoms with Gasteiger partial charge in [0.15, 0.2) is 0 Å². The van der Waals surface area contributed by atoms with Gasteiger partial charge < -0.3 is 0 Å². The average Bonchev–Trinajstić information content (AvgIpc) is 2.44. The van der Waals surface area contributed by atoms with Crippen molar-refractivity contribution in [3.8, 4) is 0 Å². The molecular weight excluding hydrogens is 261 g/mol. The predicted octanol–water partition coefficient (Wildman–Crippen LogP) is 2.39. The summed E-state index contributed by atoms with van der Waals surface area (Å²) in [6.07, 6.45) is 2.52. The van der Waals surface area contributed by atoms with Gasteiger partial charge in [0, 0.05) is 35.0 Å². The summed E-state index contributed by atoms with van der Waals surface area (Å²) in [5.41, 5.74) is 3.77. The van der Waals surface area contributed by atoms with E-state index in [2.05, 4.69) is 10.4 Å². The molecule has 0 aliphatic heterocycles. The van der Waals surface area contributed by atoms with E-state index in [0.29, 0.717) is 0 Å². The van der Waals surface area contributed by atoms with Crippen LogP contribution in [0.15, 0.2) is 53.6 Å². The number of nitrogens with zero attached hydrogens (tertiary/aromatic N) is 1. The summed E-state index contributed by atoms with van der Waals surface area (Å²) in [5, 5.41) is 0. The summed E-state index contributed by atoms with van der Waals surface area (Å²) in [7, 11) is 0. The molecule has 1 atom stereocenters. The van der Waals surface area contributed by atoms with Gasteiger partial charge in [0.05, 0.1) is 0 Å². The third kappa shape index (κ3) is 4.63. The van der Waals surface area contributed by atoms with Crippen LogP contribution in [-0.2, 0) is 6.42 Å². The summed E-state index contributed by atoms with van der Waals surface area (Å²) < 4.78 is 13.1. The number of nitrogens with two attached hydrogens (primary N) is 1. The molecule has 19 heavy (non-hydrogen) atoms. The lowest BCUT2D eigenvalue weighted by Gasteiger charge is -2.15. The Labute approximate surface area is 116 Å². The van der Waals surface area contributed by atoms with E-state index >= 15 is 0 Å². The maximum absolute atomic E-state index is 13.1. The molecule has 0 spiro atoms. The van der Waals surface area contributed by atoms with Gasteiger partial charge in [-0.1, -0.05) is 12.1 Å². The van der Waals surface area contributed by atoms with Crippen molar-refractivity contribution in [2.24, 2.45) is 5.84 Å². The molecule has 2 rings (SSSR count). The molecule has 0 bridgehead atoms. The third-order valence-corrected chi connectivity index (χ3v) is 3.82. The maximum Gasteiger partial charge on any atom is 0.124 e. The highest BCUT2D eigenvalue weighted by Crippen LogP contribution is 2.20. The standard InChI is InChI=1S/C14H16FN3S/c15-11-4-3-6-14(8-11)19-10-13(18-16)9-12-5-1-2-7-17-12/h1-8,13,18H,9-10,16H2. The van der Waals surface area contributed by atoms with Crippen molar-refractivity contribution in [3.05, 3.63) is 60.2 Å². The number of aromatic nitrogens is 1. The average molecular weight is 277 g/mol. The molecular formula is C14H16FN3S. The van der Waals surface area contributed by atoms with E-state index in [4.69, 9.17) is 5.84 Å². The minimum Gasteiger partial charge on any atom is -0.271 e. The second-order valence-corrected chi connectivity index (χ2v) is 5.25. The van der Waals surface area contributed by atoms with Gasteiger partial charge in [0.1, 0.15) is 5.82 Å². The third-order valence-electron chi connectivity index (χ3n) is 2.66. The quantitative estimate of drug-likeness (QED) is 0.483. The summed E-state index contributed by atoms with van der Waals surface area (Å²) in [6.45, 7) is 0. The first kappa shape index (κ1) is 14.0. The molecule has 0 radical (unpaired) electrons. The second-order valence-electron chi connectivity index (χ2n) is 4.16. The van der Waals surface area contributed by atoms with E-state index < -0.39 is 0 Å². The zero-order chi connectivity index (χ0) is 13.5. The molecule has 2 aromatic rings. The van der Waals surface area contributed by atoms with Crippen LogP contribution in [0.3, 0.4) is 0 Å². The lowest BCUT2D eigenvalue weighted by Crippen LogP contribution is -2.38. The molecule has 5 heteroatoms. The van der Waals surface area contributed by atoms with Gasteiger partial charge in [0.2, 0.25) is 0 Å². The number of hydrogen-bond donors (Lipinski definition) is 2. The number of hydrogen-bond acceptors (Lipinski definition) is 4. The lowest BCUT2D eigenvalue weighted by atomic mass is 10.2. The zero-order valence-electron chi connectivity index (χ0n) is 10.4. The number of benzene rings is 1. The monoisotopic (exact) mass is 277 g/mol. The number of pyridine rings is 1. The summed E-state index contributed by atoms with van der Waals surface area (Å²) >= 11 is 1.58. The zero-order valence-corrected chi connectivity index (χ0v) is 11.2. The van der Waals surface area contributed by atoms with E-state index in [0.717, 1.165) is 22.8 Å². The van der Waals surface area contributed by atoms with Crippen molar-refractivity contribution in [1.29, 1.82) is 0 Å². The number of rotatable bonds is 6. The van der Waals surface area contributed by atoms with Crippen molar-refractivity contribution in [2.45, 2.75) is 17.4 Å². The number of thioether (sulfide) groups is 1. The van der Waals surface area contributed by atoms with Gasteiger partial charge >= 0.3 is 0 Å². The van der Waals surface area contributed by atoms with Crippen molar-refractivity contribution in [1.82, 2.24) is 10.4 Å². The SMILES string of the molecule is NNC(CSc1cccc(F)c1)Cc1ccccn1. The lowest BCUT2D eigenvalue weighted by molar-refractivity contribution is 0.569. The second kappa shape index (κ2) is 7.23. The largest absolute Gasteiger partial charge is 0.271 e. The Bertz CT molecular complexity index is 507. The van der Waals surface area contributed by atoms with E-state index in [1.807, 2.05) is 24.3 Å². The van der Waals surface area contributed by atoms with E-state index in [9.17, 15) is 4.39 Å². The van der Waals surface area contributed by atoms with Crippen LogP contribution in [0.2, 0.25) is 0 Å². The van der Waals surface area contributed by atoms with Gasteiger partial charge in [-0.15, -0.1) is 11.8 Å². The number of hydrazine groups is 1. The molecule has 1 aromatic carbocycles. The predicted molar refractivity (Wildman–Crippen MR) is 76.2 cm³/mol. The maximum atomic E-state index is 13.1. The molecule has 0 saturated heterocycles. The molecule has 1 aromatic heterocycles. The molecule has 0 aliphatic rings. The van der Waals surface area contributed by atoms with Crippen molar-refractivity contribution in [3.63, 3.8) is 0 Å². The Morgan fingerprint density at radius 3 is 2.84 bits per heavy atom. The van der Waals surface area contributed by atoms with Gasteiger partial charge in [-0.05, 0) is 30.3 Å². The molecule has 0 amide bonds. The molecule has 3 N–H and O–H groups in total. The Balaban J connectivity index is 1.89. The molecule has 0 saturated carbocycles. The molecule has 3 nitrogen and oxygen atoms in total. The van der Waals surface area contributed by atoms with E-state index in [-0.39, 0.29) is 11.9 Å². The molecule has 100 valence electrons. The normalized spacial score (nSPS) is 12.3. The van der Waals surface area contributed by atoms with Crippen LogP contribution in [0.1, 0.15) is 5.69 Å². The van der Waals surface area contributed by atoms with Crippen LogP contribution in [0, 0.1) is 5.82 Å². The van der Waals surface area contributed by atoms with E-state index in [1.54, 1.807) is 24.0 Å². The highest BCUT2D eigenvalue weighted by Gasteiger charge is 2.09. The first-order valence-electron chi connectivity index (χ1n) is 6.02. The summed E-state index contributed by atoms with van der Waals surface area (Å²) in [6, 6.07) is 12.5. The number of nitrogens with one attached hydrogen (secondary N) is 1. The fourth-order valence-electron chi connectivity index (χ4n) is 1.69. The van der Waals surface area contributed by atoms with Crippen LogP contribution in [0.4, 0.5) is 4.39 Å². The van der Waals surface area contributed by atoms with Crippen LogP contribution in [-0.4, -0.2) is 16.8 Å².